The molecule has 1 saturated carbocycles. The Kier molecular flexibility index (Phi) is 5.36. The minimum atomic E-state index is -0.459. The molecule has 96 valence electrons. The van der Waals surface area contributed by atoms with Gasteiger partial charge in [0.05, 0.1) is 12.5 Å². The fourth-order valence-electron chi connectivity index (χ4n) is 2.75. The lowest BCUT2D eigenvalue weighted by Gasteiger charge is -1.96. The zero-order valence-electron chi connectivity index (χ0n) is 11.0. The summed E-state index contributed by atoms with van der Waals surface area (Å²) in [5, 5.41) is 0. The largest absolute Gasteiger partial charge is 0.457 e. The van der Waals surface area contributed by atoms with Gasteiger partial charge in [-0.2, -0.15) is 4.79 Å². The highest BCUT2D eigenvalue weighted by Gasteiger charge is 2.58. The second-order valence-corrected chi connectivity index (χ2v) is 4.64. The molecule has 0 heterocycles. The summed E-state index contributed by atoms with van der Waals surface area (Å²) in [5.41, 5.74) is 9.22. The van der Waals surface area contributed by atoms with E-state index in [1.165, 1.54) is 0 Å². The van der Waals surface area contributed by atoms with Crippen LogP contribution in [0.15, 0.2) is 0 Å². The van der Waals surface area contributed by atoms with Gasteiger partial charge in [0.25, 0.3) is 0 Å². The summed E-state index contributed by atoms with van der Waals surface area (Å²) < 4.78 is 4.92. The fourth-order valence-corrected chi connectivity index (χ4v) is 2.75. The van der Waals surface area contributed by atoms with Gasteiger partial charge in [-0.1, -0.05) is 26.7 Å². The van der Waals surface area contributed by atoms with Crippen LogP contribution in [-0.4, -0.2) is 23.1 Å². The van der Waals surface area contributed by atoms with Gasteiger partial charge in [0.1, 0.15) is 0 Å². The first kappa shape index (κ1) is 13.9. The average molecular weight is 238 g/mol. The minimum Gasteiger partial charge on any atom is -0.457 e. The van der Waals surface area contributed by atoms with E-state index in [1.807, 2.05) is 0 Å². The SMILES string of the molecule is CCC[C@H]1C(C(=[N+]=[N-])C(=O)OCC)[C@@H]1CCC. The molecular weight excluding hydrogens is 216 g/mol. The van der Waals surface area contributed by atoms with Gasteiger partial charge in [0.2, 0.25) is 0 Å². The predicted molar refractivity (Wildman–Crippen MR) is 65.5 cm³/mol. The van der Waals surface area contributed by atoms with Gasteiger partial charge >= 0.3 is 11.7 Å². The summed E-state index contributed by atoms with van der Waals surface area (Å²) in [6.07, 6.45) is 4.38. The summed E-state index contributed by atoms with van der Waals surface area (Å²) in [6, 6.07) is 0. The summed E-state index contributed by atoms with van der Waals surface area (Å²) >= 11 is 0. The molecule has 0 amide bonds. The zero-order valence-corrected chi connectivity index (χ0v) is 11.0. The molecule has 2 atom stereocenters. The van der Waals surface area contributed by atoms with Gasteiger partial charge in [-0.15, -0.1) is 0 Å². The van der Waals surface area contributed by atoms with E-state index in [0.717, 1.165) is 25.7 Å². The first-order valence-corrected chi connectivity index (χ1v) is 6.60. The molecule has 0 aliphatic heterocycles. The maximum atomic E-state index is 11.6. The summed E-state index contributed by atoms with van der Waals surface area (Å²) in [4.78, 5) is 14.8. The Bertz CT molecular complexity index is 309. The molecule has 4 nitrogen and oxygen atoms in total. The van der Waals surface area contributed by atoms with Crippen LogP contribution in [0.2, 0.25) is 0 Å². The second kappa shape index (κ2) is 6.55. The normalized spacial score (nSPS) is 26.2. The molecule has 0 aromatic carbocycles. The maximum Gasteiger partial charge on any atom is 0.417 e. The number of rotatable bonds is 7. The van der Waals surface area contributed by atoms with E-state index in [4.69, 9.17) is 10.3 Å². The Morgan fingerprint density at radius 3 is 2.06 bits per heavy atom. The molecule has 0 radical (unpaired) electrons. The van der Waals surface area contributed by atoms with Crippen LogP contribution in [0.3, 0.4) is 0 Å². The molecule has 4 heteroatoms. The number of esters is 1. The van der Waals surface area contributed by atoms with E-state index < -0.39 is 5.97 Å². The maximum absolute atomic E-state index is 11.6. The fraction of sp³-hybridized carbons (Fsp3) is 0.846. The number of hydrogen-bond donors (Lipinski definition) is 0. The van der Waals surface area contributed by atoms with E-state index in [2.05, 4.69) is 18.6 Å². The molecule has 1 fully saturated rings. The van der Waals surface area contributed by atoms with Gasteiger partial charge in [-0.25, -0.2) is 4.79 Å². The Labute approximate surface area is 103 Å². The van der Waals surface area contributed by atoms with Crippen molar-refractivity contribution in [3.63, 3.8) is 0 Å². The third-order valence-electron chi connectivity index (χ3n) is 3.48. The molecule has 0 aromatic heterocycles. The quantitative estimate of drug-likeness (QED) is 0.296. The lowest BCUT2D eigenvalue weighted by atomic mass is 10.1. The molecule has 1 aliphatic rings. The summed E-state index contributed by atoms with van der Waals surface area (Å²) in [6.45, 7) is 6.35. The smallest absolute Gasteiger partial charge is 0.417 e. The topological polar surface area (TPSA) is 62.7 Å². The molecule has 0 aromatic rings. The summed E-state index contributed by atoms with van der Waals surface area (Å²) in [7, 11) is 0. The van der Waals surface area contributed by atoms with Crippen LogP contribution in [0, 0.1) is 17.8 Å². The van der Waals surface area contributed by atoms with Crippen molar-refractivity contribution in [3.8, 4) is 0 Å². The van der Waals surface area contributed by atoms with E-state index >= 15 is 0 Å². The molecule has 0 N–H and O–H groups in total. The van der Waals surface area contributed by atoms with Crippen molar-refractivity contribution < 1.29 is 14.3 Å². The third-order valence-corrected chi connectivity index (χ3v) is 3.48. The van der Waals surface area contributed by atoms with Crippen LogP contribution in [0.1, 0.15) is 46.5 Å². The zero-order chi connectivity index (χ0) is 12.8. The number of nitrogens with zero attached hydrogens (tertiary/aromatic N) is 2. The van der Waals surface area contributed by atoms with Crippen molar-refractivity contribution >= 4 is 11.7 Å². The van der Waals surface area contributed by atoms with Gasteiger partial charge < -0.3 is 10.3 Å². The molecule has 1 aliphatic carbocycles. The first-order valence-electron chi connectivity index (χ1n) is 6.60. The lowest BCUT2D eigenvalue weighted by molar-refractivity contribution is -0.140. The van der Waals surface area contributed by atoms with E-state index in [9.17, 15) is 4.79 Å². The van der Waals surface area contributed by atoms with Gasteiger partial charge in [0.15, 0.2) is 0 Å². The number of hydrogen-bond acceptors (Lipinski definition) is 2. The Morgan fingerprint density at radius 1 is 1.18 bits per heavy atom. The monoisotopic (exact) mass is 238 g/mol. The van der Waals surface area contributed by atoms with Gasteiger partial charge in [-0.05, 0) is 31.6 Å². The van der Waals surface area contributed by atoms with Crippen molar-refractivity contribution in [1.82, 2.24) is 0 Å². The van der Waals surface area contributed by atoms with Crippen molar-refractivity contribution in [2.24, 2.45) is 17.8 Å². The molecule has 0 bridgehead atoms. The molecular formula is C13H22N2O2. The van der Waals surface area contributed by atoms with Crippen molar-refractivity contribution in [2.75, 3.05) is 6.61 Å². The Balaban J connectivity index is 2.69. The van der Waals surface area contributed by atoms with Crippen LogP contribution in [0.4, 0.5) is 0 Å². The summed E-state index contributed by atoms with van der Waals surface area (Å²) in [5.74, 6) is 0.643. The number of carbonyl (C=O) groups excluding carboxylic acids is 1. The van der Waals surface area contributed by atoms with Gasteiger partial charge in [-0.3, -0.25) is 0 Å². The van der Waals surface area contributed by atoms with Crippen LogP contribution in [0.5, 0.6) is 0 Å². The number of ether oxygens (including phenoxy) is 1. The molecule has 1 rings (SSSR count). The van der Waals surface area contributed by atoms with Crippen molar-refractivity contribution in [2.45, 2.75) is 46.5 Å². The van der Waals surface area contributed by atoms with E-state index in [-0.39, 0.29) is 11.6 Å². The molecule has 0 spiro atoms. The van der Waals surface area contributed by atoms with Crippen molar-refractivity contribution in [3.05, 3.63) is 5.53 Å². The predicted octanol–water partition coefficient (Wildman–Crippen LogP) is 2.68. The van der Waals surface area contributed by atoms with Crippen LogP contribution in [0.25, 0.3) is 5.53 Å². The highest BCUT2D eigenvalue weighted by molar-refractivity contribution is 6.35. The Hall–Kier alpha value is -1.15. The average Bonchev–Trinajstić information content (AvgIpc) is 2.95. The second-order valence-electron chi connectivity index (χ2n) is 4.64. The minimum absolute atomic E-state index is 0.110. The lowest BCUT2D eigenvalue weighted by Crippen LogP contribution is -2.22. The highest BCUT2D eigenvalue weighted by atomic mass is 16.5. The van der Waals surface area contributed by atoms with Gasteiger partial charge in [0, 0.05) is 0 Å². The highest BCUT2D eigenvalue weighted by Crippen LogP contribution is 2.52. The first-order chi connectivity index (χ1) is 8.21. The molecule has 0 saturated heterocycles. The van der Waals surface area contributed by atoms with Crippen LogP contribution < -0.4 is 0 Å². The standard InChI is InChI=1S/C13H22N2O2/c1-4-7-9-10(8-5-2)11(9)12(15-14)13(16)17-6-3/h9-11H,4-8H2,1-3H3/t9-,10-/m1/s1. The third kappa shape index (κ3) is 3.16. The number of carbonyl (C=O) groups is 1. The molecule has 17 heavy (non-hydrogen) atoms. The Morgan fingerprint density at radius 2 is 1.71 bits per heavy atom. The van der Waals surface area contributed by atoms with Crippen LogP contribution >= 0.6 is 0 Å². The van der Waals surface area contributed by atoms with E-state index in [0.29, 0.717) is 18.4 Å². The van der Waals surface area contributed by atoms with Crippen LogP contribution in [-0.2, 0) is 9.53 Å². The van der Waals surface area contributed by atoms with E-state index in [1.54, 1.807) is 6.92 Å². The molecule has 0 unspecified atom stereocenters. The van der Waals surface area contributed by atoms with Crippen molar-refractivity contribution in [1.29, 1.82) is 0 Å².